The summed E-state index contributed by atoms with van der Waals surface area (Å²) in [5.74, 6) is -4.44. The standard InChI is InChI=1S/C23H40N2O6/c1-10-11-18(25-22(4,5)6)19(28)20(29)24-13-16(27)12-17(15(3)26)14(2)21(30)31-23(7,8)9/h14,17-18,25H,10-13H2,1-9H3,(H,24,29). The van der Waals surface area contributed by atoms with Crippen molar-refractivity contribution < 1.29 is 28.7 Å². The summed E-state index contributed by atoms with van der Waals surface area (Å²) in [6, 6.07) is -0.641. The molecule has 1 amide bonds. The number of ketones is 3. The number of carbonyl (C=O) groups excluding carboxylic acids is 5. The van der Waals surface area contributed by atoms with Gasteiger partial charge in [0.05, 0.1) is 18.5 Å². The van der Waals surface area contributed by atoms with Gasteiger partial charge in [0.25, 0.3) is 5.91 Å². The van der Waals surface area contributed by atoms with E-state index < -0.39 is 46.9 Å². The fraction of sp³-hybridized carbons (Fsp3) is 0.783. The Morgan fingerprint density at radius 1 is 0.968 bits per heavy atom. The quantitative estimate of drug-likeness (QED) is 0.353. The van der Waals surface area contributed by atoms with Gasteiger partial charge in [-0.1, -0.05) is 20.3 Å². The molecule has 8 heteroatoms. The first-order valence-electron chi connectivity index (χ1n) is 10.8. The summed E-state index contributed by atoms with van der Waals surface area (Å²) >= 11 is 0. The maximum Gasteiger partial charge on any atom is 0.309 e. The van der Waals surface area contributed by atoms with Crippen molar-refractivity contribution in [3.63, 3.8) is 0 Å². The van der Waals surface area contributed by atoms with E-state index in [4.69, 9.17) is 4.74 Å². The lowest BCUT2D eigenvalue weighted by Gasteiger charge is -2.27. The van der Waals surface area contributed by atoms with Gasteiger partial charge in [0.2, 0.25) is 5.78 Å². The molecule has 2 N–H and O–H groups in total. The molecule has 0 fully saturated rings. The second kappa shape index (κ2) is 12.1. The summed E-state index contributed by atoms with van der Waals surface area (Å²) in [7, 11) is 0. The molecule has 3 atom stereocenters. The Labute approximate surface area is 186 Å². The van der Waals surface area contributed by atoms with E-state index in [-0.39, 0.29) is 24.3 Å². The van der Waals surface area contributed by atoms with Crippen LogP contribution in [0.5, 0.6) is 0 Å². The molecule has 3 unspecified atom stereocenters. The van der Waals surface area contributed by atoms with Gasteiger partial charge >= 0.3 is 5.97 Å². The third-order valence-electron chi connectivity index (χ3n) is 4.52. The van der Waals surface area contributed by atoms with Crippen molar-refractivity contribution in [3.8, 4) is 0 Å². The number of Topliss-reactive ketones (excluding diaryl/α,β-unsaturated/α-hetero) is 3. The Morgan fingerprint density at radius 3 is 1.94 bits per heavy atom. The summed E-state index contributed by atoms with van der Waals surface area (Å²) in [6.45, 7) is 15.3. The van der Waals surface area contributed by atoms with Crippen LogP contribution in [0.15, 0.2) is 0 Å². The first-order valence-corrected chi connectivity index (χ1v) is 10.8. The van der Waals surface area contributed by atoms with Crippen LogP contribution in [0, 0.1) is 11.8 Å². The van der Waals surface area contributed by atoms with Crippen LogP contribution < -0.4 is 10.6 Å². The lowest BCUT2D eigenvalue weighted by Crippen LogP contribution is -2.52. The Bertz CT molecular complexity index is 673. The zero-order valence-electron chi connectivity index (χ0n) is 20.5. The van der Waals surface area contributed by atoms with E-state index in [1.807, 2.05) is 27.7 Å². The summed E-state index contributed by atoms with van der Waals surface area (Å²) in [6.07, 6.45) is 0.995. The summed E-state index contributed by atoms with van der Waals surface area (Å²) in [4.78, 5) is 61.4. The topological polar surface area (TPSA) is 119 Å². The van der Waals surface area contributed by atoms with E-state index in [2.05, 4.69) is 10.6 Å². The highest BCUT2D eigenvalue weighted by Gasteiger charge is 2.33. The van der Waals surface area contributed by atoms with Crippen molar-refractivity contribution in [1.29, 1.82) is 0 Å². The molecule has 0 saturated heterocycles. The minimum atomic E-state index is -0.856. The molecule has 0 aromatic rings. The second-order valence-electron chi connectivity index (χ2n) is 10.1. The van der Waals surface area contributed by atoms with Crippen LogP contribution in [-0.2, 0) is 28.7 Å². The molecule has 8 nitrogen and oxygen atoms in total. The normalized spacial score (nSPS) is 14.9. The first-order chi connectivity index (χ1) is 14.0. The molecule has 0 aromatic carbocycles. The van der Waals surface area contributed by atoms with Crippen molar-refractivity contribution in [3.05, 3.63) is 0 Å². The van der Waals surface area contributed by atoms with E-state index in [1.54, 1.807) is 27.7 Å². The number of ether oxygens (including phenoxy) is 1. The zero-order chi connectivity index (χ0) is 24.6. The van der Waals surface area contributed by atoms with E-state index >= 15 is 0 Å². The predicted molar refractivity (Wildman–Crippen MR) is 118 cm³/mol. The first kappa shape index (κ1) is 28.9. The Balaban J connectivity index is 4.97. The smallest absolute Gasteiger partial charge is 0.309 e. The van der Waals surface area contributed by atoms with Crippen molar-refractivity contribution in [1.82, 2.24) is 10.6 Å². The van der Waals surface area contributed by atoms with Crippen molar-refractivity contribution in [2.75, 3.05) is 6.54 Å². The number of hydrogen-bond acceptors (Lipinski definition) is 7. The van der Waals surface area contributed by atoms with E-state index in [1.165, 1.54) is 6.92 Å². The maximum absolute atomic E-state index is 12.5. The lowest BCUT2D eigenvalue weighted by atomic mass is 9.86. The van der Waals surface area contributed by atoms with Crippen LogP contribution in [-0.4, -0.2) is 53.0 Å². The maximum atomic E-state index is 12.5. The molecule has 0 rings (SSSR count). The third kappa shape index (κ3) is 11.8. The number of amides is 1. The molecule has 178 valence electrons. The average Bonchev–Trinajstić information content (AvgIpc) is 2.59. The predicted octanol–water partition coefficient (Wildman–Crippen LogP) is 2.37. The summed E-state index contributed by atoms with van der Waals surface area (Å²) < 4.78 is 5.31. The van der Waals surface area contributed by atoms with Gasteiger partial charge in [-0.15, -0.1) is 0 Å². The van der Waals surface area contributed by atoms with Crippen LogP contribution in [0.25, 0.3) is 0 Å². The highest BCUT2D eigenvalue weighted by Crippen LogP contribution is 2.22. The van der Waals surface area contributed by atoms with Crippen LogP contribution in [0.2, 0.25) is 0 Å². The summed E-state index contributed by atoms with van der Waals surface area (Å²) in [5, 5.41) is 5.48. The number of nitrogens with one attached hydrogen (secondary N) is 2. The lowest BCUT2D eigenvalue weighted by molar-refractivity contribution is -0.162. The minimum Gasteiger partial charge on any atom is -0.460 e. The molecule has 0 radical (unpaired) electrons. The van der Waals surface area contributed by atoms with Crippen LogP contribution >= 0.6 is 0 Å². The van der Waals surface area contributed by atoms with Crippen LogP contribution in [0.3, 0.4) is 0 Å². The van der Waals surface area contributed by atoms with Gasteiger partial charge in [-0.25, -0.2) is 0 Å². The zero-order valence-corrected chi connectivity index (χ0v) is 20.5. The highest BCUT2D eigenvalue weighted by molar-refractivity contribution is 6.38. The molecule has 0 heterocycles. The van der Waals surface area contributed by atoms with Crippen molar-refractivity contribution in [2.24, 2.45) is 11.8 Å². The third-order valence-corrected chi connectivity index (χ3v) is 4.52. The van der Waals surface area contributed by atoms with Gasteiger partial charge in [0.1, 0.15) is 11.4 Å². The Kier molecular flexibility index (Phi) is 11.3. The molecule has 0 bridgehead atoms. The van der Waals surface area contributed by atoms with E-state index in [0.29, 0.717) is 12.8 Å². The van der Waals surface area contributed by atoms with E-state index in [9.17, 15) is 24.0 Å². The molecule has 0 saturated carbocycles. The van der Waals surface area contributed by atoms with Gasteiger partial charge in [-0.2, -0.15) is 0 Å². The van der Waals surface area contributed by atoms with E-state index in [0.717, 1.165) is 0 Å². The molecule has 31 heavy (non-hydrogen) atoms. The van der Waals surface area contributed by atoms with Crippen molar-refractivity contribution >= 4 is 29.2 Å². The molecule has 0 aliphatic heterocycles. The second-order valence-corrected chi connectivity index (χ2v) is 10.1. The number of esters is 1. The molecular weight excluding hydrogens is 400 g/mol. The summed E-state index contributed by atoms with van der Waals surface area (Å²) in [5.41, 5.74) is -1.06. The van der Waals surface area contributed by atoms with Crippen LogP contribution in [0.4, 0.5) is 0 Å². The van der Waals surface area contributed by atoms with Crippen LogP contribution in [0.1, 0.15) is 81.6 Å². The Hall–Kier alpha value is -2.09. The fourth-order valence-electron chi connectivity index (χ4n) is 3.05. The molecule has 0 aliphatic carbocycles. The van der Waals surface area contributed by atoms with Gasteiger partial charge in [0.15, 0.2) is 5.78 Å². The highest BCUT2D eigenvalue weighted by atomic mass is 16.6. The minimum absolute atomic E-state index is 0.219. The number of rotatable bonds is 12. The molecule has 0 aliphatic rings. The SMILES string of the molecule is CCCC(NC(C)(C)C)C(=O)C(=O)NCC(=O)CC(C(C)=O)C(C)C(=O)OC(C)(C)C. The Morgan fingerprint density at radius 2 is 1.52 bits per heavy atom. The van der Waals surface area contributed by atoms with Gasteiger partial charge in [0, 0.05) is 17.9 Å². The monoisotopic (exact) mass is 440 g/mol. The molecule has 0 spiro atoms. The largest absolute Gasteiger partial charge is 0.460 e. The fourth-order valence-corrected chi connectivity index (χ4v) is 3.05. The van der Waals surface area contributed by atoms with Gasteiger partial charge in [-0.05, 0) is 54.9 Å². The molecule has 0 aromatic heterocycles. The van der Waals surface area contributed by atoms with Crippen molar-refractivity contribution in [2.45, 2.75) is 98.8 Å². The van der Waals surface area contributed by atoms with Gasteiger partial charge < -0.3 is 15.4 Å². The number of carbonyl (C=O) groups is 5. The number of hydrogen-bond donors (Lipinski definition) is 2. The average molecular weight is 441 g/mol. The molecular formula is C23H40N2O6. The van der Waals surface area contributed by atoms with Gasteiger partial charge in [-0.3, -0.25) is 24.0 Å².